The third-order valence-corrected chi connectivity index (χ3v) is 6.06. The summed E-state index contributed by atoms with van der Waals surface area (Å²) in [6.45, 7) is 4.11. The van der Waals surface area contributed by atoms with E-state index in [2.05, 4.69) is 22.0 Å². The first-order valence-corrected chi connectivity index (χ1v) is 9.10. The normalized spacial score (nSPS) is 25.3. The van der Waals surface area contributed by atoms with Crippen molar-refractivity contribution >= 4 is 17.2 Å². The molecular weight excluding hydrogens is 322 g/mol. The first-order chi connectivity index (χ1) is 11.7. The average molecular weight is 343 g/mol. The summed E-state index contributed by atoms with van der Waals surface area (Å²) in [5.74, 6) is 0.246. The number of aliphatic hydroxyl groups is 1. The number of aliphatic hydroxyl groups excluding tert-OH is 1. The minimum atomic E-state index is -0.183. The van der Waals surface area contributed by atoms with Crippen LogP contribution in [0.2, 0.25) is 0 Å². The standard InChI is InChI=1S/C18H21N3O2S/c1-13(23)21-15(10-22)17(14-5-3-2-4-6-14)18(21)11-20(12-18)9-16-19-7-8-24-16/h2-8,15,17,22H,9-12H2,1H3/t15-,17-/m1/s1. The number of benzene rings is 1. The van der Waals surface area contributed by atoms with Gasteiger partial charge in [0.1, 0.15) is 5.01 Å². The quantitative estimate of drug-likeness (QED) is 0.918. The van der Waals surface area contributed by atoms with Gasteiger partial charge in [-0.25, -0.2) is 4.98 Å². The van der Waals surface area contributed by atoms with E-state index in [0.29, 0.717) is 0 Å². The number of nitrogens with zero attached hydrogens (tertiary/aromatic N) is 3. The number of carbonyl (C=O) groups is 1. The Balaban J connectivity index is 1.58. The van der Waals surface area contributed by atoms with Gasteiger partial charge in [-0.05, 0) is 5.56 Å². The minimum Gasteiger partial charge on any atom is -0.394 e. The van der Waals surface area contributed by atoms with E-state index in [4.69, 9.17) is 0 Å². The highest BCUT2D eigenvalue weighted by atomic mass is 32.1. The number of carbonyl (C=O) groups excluding carboxylic acids is 1. The van der Waals surface area contributed by atoms with Crippen LogP contribution < -0.4 is 0 Å². The number of thiazole rings is 1. The smallest absolute Gasteiger partial charge is 0.220 e. The van der Waals surface area contributed by atoms with Crippen LogP contribution in [0.3, 0.4) is 0 Å². The first kappa shape index (κ1) is 15.7. The van der Waals surface area contributed by atoms with Crippen molar-refractivity contribution in [3.8, 4) is 0 Å². The zero-order chi connectivity index (χ0) is 16.7. The molecule has 1 aromatic carbocycles. The lowest BCUT2D eigenvalue weighted by atomic mass is 9.60. The number of hydrogen-bond acceptors (Lipinski definition) is 5. The van der Waals surface area contributed by atoms with Crippen molar-refractivity contribution in [3.05, 3.63) is 52.5 Å². The van der Waals surface area contributed by atoms with E-state index in [1.165, 1.54) is 5.56 Å². The van der Waals surface area contributed by atoms with Crippen LogP contribution in [0.4, 0.5) is 0 Å². The molecule has 2 atom stereocenters. The van der Waals surface area contributed by atoms with Crippen molar-refractivity contribution in [2.24, 2.45) is 0 Å². The van der Waals surface area contributed by atoms with Crippen molar-refractivity contribution in [3.63, 3.8) is 0 Å². The molecule has 24 heavy (non-hydrogen) atoms. The highest BCUT2D eigenvalue weighted by molar-refractivity contribution is 7.09. The lowest BCUT2D eigenvalue weighted by molar-refractivity contribution is -0.199. The first-order valence-electron chi connectivity index (χ1n) is 8.22. The van der Waals surface area contributed by atoms with Crippen LogP contribution in [-0.4, -0.2) is 57.1 Å². The maximum atomic E-state index is 12.2. The Morgan fingerprint density at radius 1 is 1.38 bits per heavy atom. The predicted octanol–water partition coefficient (Wildman–Crippen LogP) is 1.70. The van der Waals surface area contributed by atoms with Crippen LogP contribution in [0.25, 0.3) is 0 Å². The molecule has 5 nitrogen and oxygen atoms in total. The molecular formula is C18H21N3O2S. The molecule has 0 bridgehead atoms. The van der Waals surface area contributed by atoms with Gasteiger partial charge in [-0.1, -0.05) is 30.3 Å². The Morgan fingerprint density at radius 2 is 2.12 bits per heavy atom. The molecule has 2 aliphatic rings. The Hall–Kier alpha value is -1.76. The Morgan fingerprint density at radius 3 is 2.71 bits per heavy atom. The zero-order valence-electron chi connectivity index (χ0n) is 13.6. The zero-order valence-corrected chi connectivity index (χ0v) is 14.4. The van der Waals surface area contributed by atoms with Gasteiger partial charge in [0.25, 0.3) is 0 Å². The molecule has 2 saturated heterocycles. The molecule has 6 heteroatoms. The fourth-order valence-corrected chi connectivity index (χ4v) is 5.20. The van der Waals surface area contributed by atoms with Crippen molar-refractivity contribution < 1.29 is 9.90 Å². The van der Waals surface area contributed by atoms with E-state index in [9.17, 15) is 9.90 Å². The summed E-state index contributed by atoms with van der Waals surface area (Å²) >= 11 is 1.66. The molecule has 0 aliphatic carbocycles. The van der Waals surface area contributed by atoms with Gasteiger partial charge in [0, 0.05) is 37.5 Å². The van der Waals surface area contributed by atoms with Gasteiger partial charge >= 0.3 is 0 Å². The van der Waals surface area contributed by atoms with Gasteiger partial charge in [0.05, 0.1) is 24.7 Å². The van der Waals surface area contributed by atoms with Gasteiger partial charge in [0.2, 0.25) is 5.91 Å². The second-order valence-electron chi connectivity index (χ2n) is 6.70. The predicted molar refractivity (Wildman–Crippen MR) is 92.7 cm³/mol. The lowest BCUT2D eigenvalue weighted by Crippen LogP contribution is -2.85. The van der Waals surface area contributed by atoms with Crippen molar-refractivity contribution in [2.45, 2.75) is 31.0 Å². The van der Waals surface area contributed by atoms with Gasteiger partial charge in [-0.2, -0.15) is 0 Å². The molecule has 4 rings (SSSR count). The molecule has 3 heterocycles. The van der Waals surface area contributed by atoms with Crippen LogP contribution in [0.1, 0.15) is 23.4 Å². The SMILES string of the molecule is CC(=O)N1[C@H](CO)[C@@H](c2ccccc2)C12CN(Cc1nccs1)C2. The molecule has 0 radical (unpaired) electrons. The monoisotopic (exact) mass is 343 g/mol. The summed E-state index contributed by atoms with van der Waals surface area (Å²) in [4.78, 5) is 20.8. The lowest BCUT2D eigenvalue weighted by Gasteiger charge is -2.70. The van der Waals surface area contributed by atoms with Crippen LogP contribution in [0, 0.1) is 0 Å². The van der Waals surface area contributed by atoms with E-state index in [0.717, 1.165) is 24.6 Å². The van der Waals surface area contributed by atoms with E-state index in [-0.39, 0.29) is 30.0 Å². The van der Waals surface area contributed by atoms with Crippen LogP contribution >= 0.6 is 11.3 Å². The molecule has 2 aliphatic heterocycles. The second-order valence-corrected chi connectivity index (χ2v) is 7.68. The number of amides is 1. The molecule has 0 unspecified atom stereocenters. The van der Waals surface area contributed by atoms with Crippen molar-refractivity contribution in [1.29, 1.82) is 0 Å². The largest absolute Gasteiger partial charge is 0.394 e. The van der Waals surface area contributed by atoms with Crippen molar-refractivity contribution in [1.82, 2.24) is 14.8 Å². The number of aromatic nitrogens is 1. The van der Waals surface area contributed by atoms with Crippen LogP contribution in [0.15, 0.2) is 41.9 Å². The van der Waals surface area contributed by atoms with Crippen LogP contribution in [-0.2, 0) is 11.3 Å². The van der Waals surface area contributed by atoms with Gasteiger partial charge in [-0.15, -0.1) is 11.3 Å². The van der Waals surface area contributed by atoms with E-state index in [1.807, 2.05) is 34.7 Å². The molecule has 2 aromatic rings. The summed E-state index contributed by atoms with van der Waals surface area (Å²) in [7, 11) is 0. The summed E-state index contributed by atoms with van der Waals surface area (Å²) in [6.07, 6.45) is 1.83. The Kier molecular flexibility index (Phi) is 3.90. The third kappa shape index (κ3) is 2.29. The molecule has 0 saturated carbocycles. The van der Waals surface area contributed by atoms with Gasteiger partial charge in [-0.3, -0.25) is 9.69 Å². The maximum absolute atomic E-state index is 12.2. The second kappa shape index (κ2) is 5.95. The Bertz CT molecular complexity index is 713. The minimum absolute atomic E-state index is 0.00731. The number of hydrogen-bond donors (Lipinski definition) is 1. The van der Waals surface area contributed by atoms with E-state index in [1.54, 1.807) is 18.3 Å². The third-order valence-electron chi connectivity index (χ3n) is 5.30. The number of rotatable bonds is 4. The average Bonchev–Trinajstić information content (AvgIpc) is 3.02. The van der Waals surface area contributed by atoms with Crippen molar-refractivity contribution in [2.75, 3.05) is 19.7 Å². The van der Waals surface area contributed by atoms with Gasteiger partial charge < -0.3 is 10.0 Å². The molecule has 2 fully saturated rings. The maximum Gasteiger partial charge on any atom is 0.220 e. The topological polar surface area (TPSA) is 56.7 Å². The fraction of sp³-hybridized carbons (Fsp3) is 0.444. The Labute approximate surface area is 145 Å². The highest BCUT2D eigenvalue weighted by Crippen LogP contribution is 2.53. The fourth-order valence-electron chi connectivity index (χ4n) is 4.54. The van der Waals surface area contributed by atoms with Gasteiger partial charge in [0.15, 0.2) is 0 Å². The summed E-state index contributed by atoms with van der Waals surface area (Å²) < 4.78 is 0. The molecule has 1 spiro atoms. The molecule has 126 valence electrons. The number of likely N-dealkylation sites (tertiary alicyclic amines) is 2. The summed E-state index contributed by atoms with van der Waals surface area (Å²) in [5.41, 5.74) is 1.03. The molecule has 1 N–H and O–H groups in total. The highest BCUT2D eigenvalue weighted by Gasteiger charge is 2.66. The molecule has 1 amide bonds. The summed E-state index contributed by atoms with van der Waals surface area (Å²) in [5, 5.41) is 12.9. The van der Waals surface area contributed by atoms with E-state index < -0.39 is 0 Å². The van der Waals surface area contributed by atoms with E-state index >= 15 is 0 Å². The molecule has 1 aromatic heterocycles. The summed E-state index contributed by atoms with van der Waals surface area (Å²) in [6, 6.07) is 10.2. The van der Waals surface area contributed by atoms with Crippen LogP contribution in [0.5, 0.6) is 0 Å².